The minimum absolute atomic E-state index is 0.121. The maximum absolute atomic E-state index is 11.7. The van der Waals surface area contributed by atoms with Crippen molar-refractivity contribution in [3.05, 3.63) is 24.0 Å². The molecule has 1 aliphatic rings. The number of benzene rings is 1. The molecule has 0 bridgehead atoms. The van der Waals surface area contributed by atoms with E-state index in [0.29, 0.717) is 42.4 Å². The molecule has 0 spiro atoms. The third-order valence-corrected chi connectivity index (χ3v) is 7.17. The molecule has 1 fully saturated rings. The summed E-state index contributed by atoms with van der Waals surface area (Å²) in [4.78, 5) is 0.695. The molecule has 28 heavy (non-hydrogen) atoms. The van der Waals surface area contributed by atoms with Crippen molar-refractivity contribution in [3.8, 4) is 22.1 Å². The average Bonchev–Trinajstić information content (AvgIpc) is 3.27. The molecule has 0 amide bonds. The summed E-state index contributed by atoms with van der Waals surface area (Å²) < 4.78 is 37.6. The second kappa shape index (κ2) is 7.30. The van der Waals surface area contributed by atoms with E-state index in [0.717, 1.165) is 16.4 Å². The van der Waals surface area contributed by atoms with Crippen LogP contribution in [-0.4, -0.2) is 66.1 Å². The number of fused-ring (bicyclic) bond motifs is 1. The summed E-state index contributed by atoms with van der Waals surface area (Å²) in [6, 6.07) is 5.65. The summed E-state index contributed by atoms with van der Waals surface area (Å²) in [6.07, 6.45) is 2.64. The van der Waals surface area contributed by atoms with Gasteiger partial charge in [0.1, 0.15) is 0 Å². The molecule has 0 N–H and O–H groups in total. The zero-order valence-electron chi connectivity index (χ0n) is 15.8. The number of hydrogen-bond acceptors (Lipinski definition) is 8. The summed E-state index contributed by atoms with van der Waals surface area (Å²) in [5.74, 6) is 2.15. The Balaban J connectivity index is 1.66. The van der Waals surface area contributed by atoms with Crippen LogP contribution in [-0.2, 0) is 10.0 Å². The number of ether oxygens (including phenoxy) is 2. The zero-order chi connectivity index (χ0) is 19.9. The zero-order valence-corrected chi connectivity index (χ0v) is 17.5. The molecule has 9 nitrogen and oxygen atoms in total. The predicted octanol–water partition coefficient (Wildman–Crippen LogP) is 2.01. The lowest BCUT2D eigenvalue weighted by Gasteiger charge is -2.28. The standard InChI is InChI=1S/C17H21N5O4S2/c1-25-13-6-4-5-12(14(13)26-2)16-20-22-15(18-19-17(22)27-16)11-7-9-21(10-8-11)28(3,23)24/h4-6,11H,7-10H2,1-3H3. The van der Waals surface area contributed by atoms with Crippen LogP contribution in [0.5, 0.6) is 11.5 Å². The van der Waals surface area contributed by atoms with Gasteiger partial charge in [-0.05, 0) is 25.0 Å². The highest BCUT2D eigenvalue weighted by atomic mass is 32.2. The van der Waals surface area contributed by atoms with E-state index in [2.05, 4.69) is 10.2 Å². The minimum atomic E-state index is -3.16. The van der Waals surface area contributed by atoms with Gasteiger partial charge in [-0.2, -0.15) is 9.61 Å². The fraction of sp³-hybridized carbons (Fsp3) is 0.471. The number of sulfonamides is 1. The van der Waals surface area contributed by atoms with E-state index in [4.69, 9.17) is 14.6 Å². The Labute approximate surface area is 167 Å². The van der Waals surface area contributed by atoms with Crippen molar-refractivity contribution in [1.82, 2.24) is 24.1 Å². The Morgan fingerprint density at radius 2 is 1.89 bits per heavy atom. The SMILES string of the molecule is COc1cccc(-c2nn3c(C4CCN(S(C)(=O)=O)CC4)nnc3s2)c1OC. The lowest BCUT2D eigenvalue weighted by atomic mass is 9.97. The third-order valence-electron chi connectivity index (χ3n) is 4.94. The van der Waals surface area contributed by atoms with Crippen molar-refractivity contribution >= 4 is 26.3 Å². The van der Waals surface area contributed by atoms with Gasteiger partial charge in [0.2, 0.25) is 15.0 Å². The van der Waals surface area contributed by atoms with Crippen LogP contribution in [0.15, 0.2) is 18.2 Å². The average molecular weight is 424 g/mol. The molecule has 3 heterocycles. The Hall–Kier alpha value is -2.24. The molecule has 11 heteroatoms. The van der Waals surface area contributed by atoms with Crippen molar-refractivity contribution in [1.29, 1.82) is 0 Å². The minimum Gasteiger partial charge on any atom is -0.493 e. The van der Waals surface area contributed by atoms with Gasteiger partial charge in [-0.15, -0.1) is 10.2 Å². The van der Waals surface area contributed by atoms with Gasteiger partial charge in [0.15, 0.2) is 22.3 Å². The first-order valence-corrected chi connectivity index (χ1v) is 11.5. The monoisotopic (exact) mass is 423 g/mol. The molecule has 1 aliphatic heterocycles. The summed E-state index contributed by atoms with van der Waals surface area (Å²) in [5.41, 5.74) is 0.829. The van der Waals surface area contributed by atoms with Gasteiger partial charge in [-0.1, -0.05) is 17.4 Å². The van der Waals surface area contributed by atoms with E-state index in [9.17, 15) is 8.42 Å². The molecule has 150 valence electrons. The fourth-order valence-electron chi connectivity index (χ4n) is 3.50. The van der Waals surface area contributed by atoms with E-state index >= 15 is 0 Å². The maximum Gasteiger partial charge on any atom is 0.234 e. The van der Waals surface area contributed by atoms with E-state index in [1.165, 1.54) is 21.9 Å². The molecular weight excluding hydrogens is 402 g/mol. The number of piperidine rings is 1. The summed E-state index contributed by atoms with van der Waals surface area (Å²) in [6.45, 7) is 0.970. The van der Waals surface area contributed by atoms with Crippen LogP contribution < -0.4 is 9.47 Å². The number of nitrogens with zero attached hydrogens (tertiary/aromatic N) is 5. The van der Waals surface area contributed by atoms with Crippen LogP contribution in [0.4, 0.5) is 0 Å². The lowest BCUT2D eigenvalue weighted by Crippen LogP contribution is -2.37. The van der Waals surface area contributed by atoms with Crippen molar-refractivity contribution < 1.29 is 17.9 Å². The lowest BCUT2D eigenvalue weighted by molar-refractivity contribution is 0.313. The van der Waals surface area contributed by atoms with Crippen LogP contribution in [0.3, 0.4) is 0 Å². The van der Waals surface area contributed by atoms with Crippen LogP contribution >= 0.6 is 11.3 Å². The molecule has 1 saturated heterocycles. The normalized spacial score (nSPS) is 16.5. The summed E-state index contributed by atoms with van der Waals surface area (Å²) in [7, 11) is 0.0425. The Morgan fingerprint density at radius 1 is 1.14 bits per heavy atom. The number of methoxy groups -OCH3 is 2. The number of aromatic nitrogens is 4. The molecule has 0 saturated carbocycles. The molecule has 4 rings (SSSR count). The first-order chi connectivity index (χ1) is 13.4. The van der Waals surface area contributed by atoms with Crippen LogP contribution in [0, 0.1) is 0 Å². The maximum atomic E-state index is 11.7. The number of hydrogen-bond donors (Lipinski definition) is 0. The Bertz CT molecular complexity index is 1100. The van der Waals surface area contributed by atoms with E-state index in [-0.39, 0.29) is 5.92 Å². The van der Waals surface area contributed by atoms with E-state index in [1.54, 1.807) is 18.7 Å². The molecule has 1 aromatic carbocycles. The second-order valence-corrected chi connectivity index (χ2v) is 9.58. The number of rotatable bonds is 5. The van der Waals surface area contributed by atoms with Gasteiger partial charge < -0.3 is 9.47 Å². The van der Waals surface area contributed by atoms with Crippen molar-refractivity contribution in [2.75, 3.05) is 33.6 Å². The molecule has 0 atom stereocenters. The summed E-state index contributed by atoms with van der Waals surface area (Å²) in [5, 5.41) is 14.1. The number of para-hydroxylation sites is 1. The first kappa shape index (κ1) is 19.1. The van der Waals surface area contributed by atoms with Crippen molar-refractivity contribution in [2.24, 2.45) is 0 Å². The highest BCUT2D eigenvalue weighted by Gasteiger charge is 2.29. The van der Waals surface area contributed by atoms with Crippen molar-refractivity contribution in [2.45, 2.75) is 18.8 Å². The van der Waals surface area contributed by atoms with Crippen LogP contribution in [0.1, 0.15) is 24.6 Å². The Kier molecular flexibility index (Phi) is 4.98. The third kappa shape index (κ3) is 3.33. The molecule has 2 aromatic heterocycles. The van der Waals surface area contributed by atoms with Gasteiger partial charge in [0.25, 0.3) is 0 Å². The van der Waals surface area contributed by atoms with Gasteiger partial charge in [0, 0.05) is 19.0 Å². The highest BCUT2D eigenvalue weighted by Crippen LogP contribution is 2.40. The fourth-order valence-corrected chi connectivity index (χ4v) is 5.24. The second-order valence-electron chi connectivity index (χ2n) is 6.64. The van der Waals surface area contributed by atoms with Gasteiger partial charge in [0.05, 0.1) is 26.0 Å². The van der Waals surface area contributed by atoms with Gasteiger partial charge in [-0.3, -0.25) is 0 Å². The van der Waals surface area contributed by atoms with E-state index < -0.39 is 10.0 Å². The van der Waals surface area contributed by atoms with Crippen molar-refractivity contribution in [3.63, 3.8) is 0 Å². The quantitative estimate of drug-likeness (QED) is 0.619. The molecule has 0 aliphatic carbocycles. The first-order valence-electron chi connectivity index (χ1n) is 8.81. The van der Waals surface area contributed by atoms with Gasteiger partial charge in [-0.25, -0.2) is 12.7 Å². The van der Waals surface area contributed by atoms with E-state index in [1.807, 2.05) is 18.2 Å². The van der Waals surface area contributed by atoms with Gasteiger partial charge >= 0.3 is 0 Å². The molecule has 0 unspecified atom stereocenters. The highest BCUT2D eigenvalue weighted by molar-refractivity contribution is 7.88. The molecule has 3 aromatic rings. The molecule has 0 radical (unpaired) electrons. The predicted molar refractivity (Wildman–Crippen MR) is 106 cm³/mol. The Morgan fingerprint density at radius 3 is 2.54 bits per heavy atom. The molecular formula is C17H21N5O4S2. The van der Waals surface area contributed by atoms with Crippen LogP contribution in [0.25, 0.3) is 15.5 Å². The largest absolute Gasteiger partial charge is 0.493 e. The van der Waals surface area contributed by atoms with Crippen LogP contribution in [0.2, 0.25) is 0 Å². The topological polar surface area (TPSA) is 98.9 Å². The smallest absolute Gasteiger partial charge is 0.234 e. The summed E-state index contributed by atoms with van der Waals surface area (Å²) >= 11 is 1.43.